The minimum Gasteiger partial charge on any atom is -0.396 e. The van der Waals surface area contributed by atoms with Gasteiger partial charge in [-0.3, -0.25) is 4.79 Å². The molecule has 0 radical (unpaired) electrons. The molecule has 1 N–H and O–H groups in total. The molecular formula is C36H64N2O2. The predicted octanol–water partition coefficient (Wildman–Crippen LogP) is 9.25. The predicted molar refractivity (Wildman–Crippen MR) is 172 cm³/mol. The molecule has 1 fully saturated rings. The molecule has 0 aliphatic heterocycles. The molecule has 0 aromatic heterocycles. The van der Waals surface area contributed by atoms with E-state index in [0.29, 0.717) is 17.9 Å². The molecular weight excluding hydrogens is 492 g/mol. The average molecular weight is 557 g/mol. The first-order valence-corrected chi connectivity index (χ1v) is 17.2. The summed E-state index contributed by atoms with van der Waals surface area (Å²) >= 11 is 0. The molecule has 40 heavy (non-hydrogen) atoms. The number of nitrogens with zero attached hydrogens (tertiary/aromatic N) is 2. The average Bonchev–Trinajstić information content (AvgIpc) is 2.98. The third-order valence-corrected chi connectivity index (χ3v) is 9.23. The van der Waals surface area contributed by atoms with Crippen LogP contribution < -0.4 is 0 Å². The maximum Gasteiger partial charge on any atom is 0.222 e. The van der Waals surface area contributed by atoms with Crippen molar-refractivity contribution < 1.29 is 9.90 Å². The number of unbranched alkanes of at least 4 members (excludes halogenated alkanes) is 14. The zero-order valence-electron chi connectivity index (χ0n) is 26.7. The van der Waals surface area contributed by atoms with Gasteiger partial charge in [-0.15, -0.1) is 0 Å². The summed E-state index contributed by atoms with van der Waals surface area (Å²) in [6.45, 7) is 4.40. The van der Waals surface area contributed by atoms with Crippen molar-refractivity contribution in [1.82, 2.24) is 9.80 Å². The first-order chi connectivity index (χ1) is 19.5. The number of carbonyl (C=O) groups excluding carboxylic acids is 1. The van der Waals surface area contributed by atoms with Gasteiger partial charge in [-0.25, -0.2) is 0 Å². The molecule has 4 nitrogen and oxygen atoms in total. The van der Waals surface area contributed by atoms with Crippen LogP contribution in [0.4, 0.5) is 0 Å². The normalized spacial score (nSPS) is 17.4. The Kier molecular flexibility index (Phi) is 19.4. The fraction of sp³-hybridized carbons (Fsp3) is 0.806. The molecule has 0 heterocycles. The Balaban J connectivity index is 1.48. The zero-order chi connectivity index (χ0) is 28.8. The van der Waals surface area contributed by atoms with Gasteiger partial charge in [0.1, 0.15) is 0 Å². The molecule has 0 saturated heterocycles. The molecule has 230 valence electrons. The van der Waals surface area contributed by atoms with Gasteiger partial charge in [0.2, 0.25) is 5.91 Å². The van der Waals surface area contributed by atoms with Gasteiger partial charge in [-0.2, -0.15) is 0 Å². The zero-order valence-corrected chi connectivity index (χ0v) is 26.7. The van der Waals surface area contributed by atoms with Crippen LogP contribution in [-0.4, -0.2) is 54.1 Å². The van der Waals surface area contributed by atoms with Gasteiger partial charge in [-0.05, 0) is 62.6 Å². The smallest absolute Gasteiger partial charge is 0.222 e. The highest BCUT2D eigenvalue weighted by atomic mass is 16.3. The van der Waals surface area contributed by atoms with E-state index in [-0.39, 0.29) is 6.61 Å². The fourth-order valence-electron chi connectivity index (χ4n) is 6.45. The van der Waals surface area contributed by atoms with Crippen molar-refractivity contribution in [2.24, 2.45) is 0 Å². The summed E-state index contributed by atoms with van der Waals surface area (Å²) in [4.78, 5) is 17.2. The monoisotopic (exact) mass is 556 g/mol. The highest BCUT2D eigenvalue weighted by Crippen LogP contribution is 2.35. The molecule has 0 unspecified atom stereocenters. The van der Waals surface area contributed by atoms with Crippen LogP contribution in [0.2, 0.25) is 0 Å². The maximum absolute atomic E-state index is 12.8. The van der Waals surface area contributed by atoms with E-state index >= 15 is 0 Å². The lowest BCUT2D eigenvalue weighted by Gasteiger charge is -2.35. The van der Waals surface area contributed by atoms with E-state index in [4.69, 9.17) is 5.11 Å². The van der Waals surface area contributed by atoms with E-state index in [0.717, 1.165) is 45.2 Å². The van der Waals surface area contributed by atoms with Gasteiger partial charge >= 0.3 is 0 Å². The standard InChI is InChI=1S/C36H64N2O2/c1-4-5-6-7-8-9-10-11-12-13-14-15-16-17-18-20-36(40)38(3)35-27-25-34(26-28-35)33-23-21-32(22-24-33)31-37(2)29-19-30-39/h21-24,34-35,39H,4-20,25-31H2,1-3H3/t34-,35-. The quantitative estimate of drug-likeness (QED) is 0.137. The molecule has 1 aromatic rings. The third kappa shape index (κ3) is 15.0. The SMILES string of the molecule is CCCCCCCCCCCCCCCCCC(=O)N(C)[C@H]1CC[C@H](c2ccc(CN(C)CCCO)cc2)CC1. The van der Waals surface area contributed by atoms with Crippen LogP contribution >= 0.6 is 0 Å². The molecule has 1 saturated carbocycles. The number of aliphatic hydroxyl groups is 1. The Hall–Kier alpha value is -1.39. The topological polar surface area (TPSA) is 43.8 Å². The molecule has 0 spiro atoms. The largest absolute Gasteiger partial charge is 0.396 e. The van der Waals surface area contributed by atoms with Crippen molar-refractivity contribution in [2.45, 2.75) is 160 Å². The van der Waals surface area contributed by atoms with Crippen molar-refractivity contribution >= 4 is 5.91 Å². The van der Waals surface area contributed by atoms with Gasteiger partial charge in [-0.1, -0.05) is 121 Å². The van der Waals surface area contributed by atoms with E-state index in [9.17, 15) is 4.79 Å². The second-order valence-electron chi connectivity index (χ2n) is 12.8. The number of aliphatic hydroxyl groups excluding tert-OH is 1. The van der Waals surface area contributed by atoms with Crippen LogP contribution in [0.3, 0.4) is 0 Å². The van der Waals surface area contributed by atoms with E-state index in [1.165, 1.54) is 114 Å². The molecule has 1 aliphatic rings. The molecule has 1 amide bonds. The number of benzene rings is 1. The molecule has 2 rings (SSSR count). The summed E-state index contributed by atoms with van der Waals surface area (Å²) in [5.41, 5.74) is 2.79. The van der Waals surface area contributed by atoms with Crippen LogP contribution in [0.5, 0.6) is 0 Å². The van der Waals surface area contributed by atoms with Crippen molar-refractivity contribution in [1.29, 1.82) is 0 Å². The lowest BCUT2D eigenvalue weighted by atomic mass is 9.81. The van der Waals surface area contributed by atoms with Crippen LogP contribution in [0, 0.1) is 0 Å². The lowest BCUT2D eigenvalue weighted by Crippen LogP contribution is -2.39. The number of hydrogen-bond donors (Lipinski definition) is 1. The fourth-order valence-corrected chi connectivity index (χ4v) is 6.45. The summed E-state index contributed by atoms with van der Waals surface area (Å²) in [5, 5.41) is 9.02. The van der Waals surface area contributed by atoms with Gasteiger partial charge in [0.25, 0.3) is 0 Å². The Morgan fingerprint density at radius 1 is 0.725 bits per heavy atom. The highest BCUT2D eigenvalue weighted by Gasteiger charge is 2.27. The minimum atomic E-state index is 0.256. The van der Waals surface area contributed by atoms with Crippen LogP contribution in [0.25, 0.3) is 0 Å². The molecule has 0 bridgehead atoms. The summed E-state index contributed by atoms with van der Waals surface area (Å²) < 4.78 is 0. The van der Waals surface area contributed by atoms with Crippen LogP contribution in [0.1, 0.15) is 159 Å². The maximum atomic E-state index is 12.8. The van der Waals surface area contributed by atoms with Gasteiger partial charge in [0, 0.05) is 39.2 Å². The van der Waals surface area contributed by atoms with Crippen LogP contribution in [0.15, 0.2) is 24.3 Å². The summed E-state index contributed by atoms with van der Waals surface area (Å²) in [6, 6.07) is 9.57. The Bertz CT molecular complexity index is 742. The summed E-state index contributed by atoms with van der Waals surface area (Å²) in [6.07, 6.45) is 26.6. The molecule has 4 heteroatoms. The van der Waals surface area contributed by atoms with Gasteiger partial charge < -0.3 is 14.9 Å². The first kappa shape index (κ1) is 34.8. The van der Waals surface area contributed by atoms with Gasteiger partial charge in [0.15, 0.2) is 0 Å². The number of amides is 1. The number of carbonyl (C=O) groups is 1. The van der Waals surface area contributed by atoms with Gasteiger partial charge in [0.05, 0.1) is 0 Å². The van der Waals surface area contributed by atoms with Crippen molar-refractivity contribution in [3.05, 3.63) is 35.4 Å². The Labute approximate surface area is 248 Å². The molecule has 1 aromatic carbocycles. The first-order valence-electron chi connectivity index (χ1n) is 17.2. The Morgan fingerprint density at radius 3 is 1.73 bits per heavy atom. The number of rotatable bonds is 23. The lowest BCUT2D eigenvalue weighted by molar-refractivity contribution is -0.132. The van der Waals surface area contributed by atoms with E-state index < -0.39 is 0 Å². The molecule has 1 aliphatic carbocycles. The Morgan fingerprint density at radius 2 is 1.23 bits per heavy atom. The van der Waals surface area contributed by atoms with E-state index in [1.54, 1.807) is 0 Å². The molecule has 0 atom stereocenters. The van der Waals surface area contributed by atoms with E-state index in [2.05, 4.69) is 48.0 Å². The second kappa shape index (κ2) is 22.2. The van der Waals surface area contributed by atoms with Crippen LogP contribution in [-0.2, 0) is 11.3 Å². The van der Waals surface area contributed by atoms with Crippen molar-refractivity contribution in [3.63, 3.8) is 0 Å². The van der Waals surface area contributed by atoms with Crippen molar-refractivity contribution in [3.8, 4) is 0 Å². The minimum absolute atomic E-state index is 0.256. The van der Waals surface area contributed by atoms with Crippen molar-refractivity contribution in [2.75, 3.05) is 27.2 Å². The number of hydrogen-bond acceptors (Lipinski definition) is 3. The summed E-state index contributed by atoms with van der Waals surface area (Å²) in [5.74, 6) is 0.976. The van der Waals surface area contributed by atoms with E-state index in [1.807, 2.05) is 7.05 Å². The second-order valence-corrected chi connectivity index (χ2v) is 12.8. The summed E-state index contributed by atoms with van der Waals surface area (Å²) in [7, 11) is 4.16. The third-order valence-electron chi connectivity index (χ3n) is 9.23. The highest BCUT2D eigenvalue weighted by molar-refractivity contribution is 5.76.